The molecule has 0 aliphatic carbocycles. The number of nitrogens with one attached hydrogen (secondary N) is 2. The Kier molecular flexibility index (Phi) is 4.00. The number of hydrogen-bond donors (Lipinski definition) is 2. The van der Waals surface area contributed by atoms with Crippen molar-refractivity contribution >= 4 is 16.8 Å². The average Bonchev–Trinajstić information content (AvgIpc) is 3.30. The summed E-state index contributed by atoms with van der Waals surface area (Å²) in [5.41, 5.74) is 3.48. The summed E-state index contributed by atoms with van der Waals surface area (Å²) in [5, 5.41) is 14.9. The molecule has 2 N–H and O–H groups in total. The van der Waals surface area contributed by atoms with Gasteiger partial charge < -0.3 is 5.32 Å². The van der Waals surface area contributed by atoms with Crippen LogP contribution in [0, 0.1) is 0 Å². The largest absolute Gasteiger partial charge is 0.347 e. The van der Waals surface area contributed by atoms with Crippen LogP contribution in [-0.2, 0) is 13.1 Å². The summed E-state index contributed by atoms with van der Waals surface area (Å²) in [6, 6.07) is 17.6. The number of rotatable bonds is 5. The van der Waals surface area contributed by atoms with Crippen molar-refractivity contribution in [1.82, 2.24) is 25.3 Å². The highest BCUT2D eigenvalue weighted by molar-refractivity contribution is 6.04. The summed E-state index contributed by atoms with van der Waals surface area (Å²) in [6.07, 6.45) is 3.70. The van der Waals surface area contributed by atoms with Gasteiger partial charge in [0.2, 0.25) is 0 Å². The van der Waals surface area contributed by atoms with Gasteiger partial charge in [-0.15, -0.1) is 0 Å². The first-order valence-electron chi connectivity index (χ1n) is 8.06. The fourth-order valence-corrected chi connectivity index (χ4v) is 2.75. The number of carbonyl (C=O) groups excluding carboxylic acids is 1. The minimum atomic E-state index is -0.182. The molecule has 0 bridgehead atoms. The molecular formula is C19H17N5O. The van der Waals surface area contributed by atoms with Gasteiger partial charge >= 0.3 is 0 Å². The van der Waals surface area contributed by atoms with Crippen molar-refractivity contribution in [3.63, 3.8) is 0 Å². The van der Waals surface area contributed by atoms with E-state index in [4.69, 9.17) is 0 Å². The third-order valence-corrected chi connectivity index (χ3v) is 4.07. The van der Waals surface area contributed by atoms with Gasteiger partial charge in [-0.05, 0) is 23.3 Å². The van der Waals surface area contributed by atoms with Crippen LogP contribution in [0.3, 0.4) is 0 Å². The fraction of sp³-hybridized carbons (Fsp3) is 0.105. The van der Waals surface area contributed by atoms with Gasteiger partial charge in [0.1, 0.15) is 0 Å². The van der Waals surface area contributed by atoms with E-state index in [1.807, 2.05) is 65.5 Å². The molecule has 0 fully saturated rings. The molecule has 0 atom stereocenters. The summed E-state index contributed by atoms with van der Waals surface area (Å²) >= 11 is 0. The van der Waals surface area contributed by atoms with Crippen LogP contribution in [0.4, 0.5) is 0 Å². The maximum absolute atomic E-state index is 12.4. The number of amides is 1. The monoisotopic (exact) mass is 331 g/mol. The molecule has 0 aliphatic heterocycles. The van der Waals surface area contributed by atoms with Crippen LogP contribution in [0.5, 0.6) is 0 Å². The SMILES string of the molecule is O=C(NCc1ccc(Cn2cccn2)cc1)c1n[nH]c2ccccc12. The van der Waals surface area contributed by atoms with E-state index in [1.54, 1.807) is 6.20 Å². The molecule has 124 valence electrons. The number of aromatic amines is 1. The minimum absolute atomic E-state index is 0.182. The van der Waals surface area contributed by atoms with Crippen molar-refractivity contribution < 1.29 is 4.79 Å². The minimum Gasteiger partial charge on any atom is -0.347 e. The molecule has 4 aromatic rings. The average molecular weight is 331 g/mol. The van der Waals surface area contributed by atoms with E-state index in [9.17, 15) is 4.79 Å². The number of aromatic nitrogens is 4. The lowest BCUT2D eigenvalue weighted by Crippen LogP contribution is -2.23. The molecule has 1 amide bonds. The van der Waals surface area contributed by atoms with Crippen molar-refractivity contribution in [3.05, 3.63) is 83.8 Å². The maximum Gasteiger partial charge on any atom is 0.272 e. The van der Waals surface area contributed by atoms with Crippen molar-refractivity contribution in [3.8, 4) is 0 Å². The molecule has 2 aromatic heterocycles. The van der Waals surface area contributed by atoms with Crippen LogP contribution in [0.1, 0.15) is 21.6 Å². The second kappa shape index (κ2) is 6.60. The molecule has 0 aliphatic rings. The fourth-order valence-electron chi connectivity index (χ4n) is 2.75. The molecule has 0 unspecified atom stereocenters. The van der Waals surface area contributed by atoms with E-state index in [2.05, 4.69) is 20.6 Å². The molecule has 6 nitrogen and oxygen atoms in total. The predicted octanol–water partition coefficient (Wildman–Crippen LogP) is 2.74. The first-order valence-corrected chi connectivity index (χ1v) is 8.06. The van der Waals surface area contributed by atoms with Crippen molar-refractivity contribution in [2.75, 3.05) is 0 Å². The van der Waals surface area contributed by atoms with Gasteiger partial charge in [0, 0.05) is 24.3 Å². The summed E-state index contributed by atoms with van der Waals surface area (Å²) in [7, 11) is 0. The Balaban J connectivity index is 1.40. The highest BCUT2D eigenvalue weighted by Crippen LogP contribution is 2.15. The molecule has 0 radical (unpaired) electrons. The zero-order chi connectivity index (χ0) is 17.1. The zero-order valence-corrected chi connectivity index (χ0v) is 13.5. The Morgan fingerprint density at radius 3 is 2.64 bits per heavy atom. The second-order valence-electron chi connectivity index (χ2n) is 5.82. The number of nitrogens with zero attached hydrogens (tertiary/aromatic N) is 3. The summed E-state index contributed by atoms with van der Waals surface area (Å²) in [4.78, 5) is 12.4. The number of para-hydroxylation sites is 1. The van der Waals surface area contributed by atoms with Crippen LogP contribution in [0.15, 0.2) is 67.0 Å². The van der Waals surface area contributed by atoms with Crippen LogP contribution in [0.2, 0.25) is 0 Å². The highest BCUT2D eigenvalue weighted by atomic mass is 16.1. The number of hydrogen-bond acceptors (Lipinski definition) is 3. The topological polar surface area (TPSA) is 75.6 Å². The molecule has 2 heterocycles. The van der Waals surface area contributed by atoms with Gasteiger partial charge in [-0.25, -0.2) is 0 Å². The summed E-state index contributed by atoms with van der Waals surface area (Å²) in [5.74, 6) is -0.182. The first kappa shape index (κ1) is 15.1. The lowest BCUT2D eigenvalue weighted by Gasteiger charge is -2.06. The Morgan fingerprint density at radius 2 is 1.84 bits per heavy atom. The smallest absolute Gasteiger partial charge is 0.272 e. The quantitative estimate of drug-likeness (QED) is 0.590. The van der Waals surface area contributed by atoms with Gasteiger partial charge in [0.05, 0.1) is 12.1 Å². The number of benzene rings is 2. The van der Waals surface area contributed by atoms with Gasteiger partial charge in [0.25, 0.3) is 5.91 Å². The summed E-state index contributed by atoms with van der Waals surface area (Å²) < 4.78 is 1.87. The zero-order valence-electron chi connectivity index (χ0n) is 13.5. The predicted molar refractivity (Wildman–Crippen MR) is 95.0 cm³/mol. The van der Waals surface area contributed by atoms with Gasteiger partial charge in [-0.2, -0.15) is 10.2 Å². The Labute approximate surface area is 144 Å². The molecule has 0 saturated carbocycles. The van der Waals surface area contributed by atoms with Crippen molar-refractivity contribution in [2.45, 2.75) is 13.1 Å². The summed E-state index contributed by atoms with van der Waals surface area (Å²) in [6.45, 7) is 1.20. The lowest BCUT2D eigenvalue weighted by molar-refractivity contribution is 0.0947. The van der Waals surface area contributed by atoms with E-state index < -0.39 is 0 Å². The standard InChI is InChI=1S/C19H17N5O/c25-19(18-16-4-1-2-5-17(16)22-23-18)20-12-14-6-8-15(9-7-14)13-24-11-3-10-21-24/h1-11H,12-13H2,(H,20,25)(H,22,23). The van der Waals surface area contributed by atoms with E-state index in [0.29, 0.717) is 12.2 Å². The van der Waals surface area contributed by atoms with Crippen molar-refractivity contribution in [2.24, 2.45) is 0 Å². The molecule has 6 heteroatoms. The Morgan fingerprint density at radius 1 is 1.04 bits per heavy atom. The van der Waals surface area contributed by atoms with Crippen LogP contribution < -0.4 is 5.32 Å². The van der Waals surface area contributed by atoms with E-state index in [-0.39, 0.29) is 5.91 Å². The third-order valence-electron chi connectivity index (χ3n) is 4.07. The lowest BCUT2D eigenvalue weighted by atomic mass is 10.1. The molecule has 0 saturated heterocycles. The molecular weight excluding hydrogens is 314 g/mol. The second-order valence-corrected chi connectivity index (χ2v) is 5.82. The Hall–Kier alpha value is -3.41. The molecule has 25 heavy (non-hydrogen) atoms. The van der Waals surface area contributed by atoms with Crippen molar-refractivity contribution in [1.29, 1.82) is 0 Å². The Bertz CT molecular complexity index is 986. The highest BCUT2D eigenvalue weighted by Gasteiger charge is 2.13. The number of carbonyl (C=O) groups is 1. The normalized spacial score (nSPS) is 10.9. The van der Waals surface area contributed by atoms with Crippen LogP contribution in [-0.4, -0.2) is 25.9 Å². The van der Waals surface area contributed by atoms with Crippen LogP contribution >= 0.6 is 0 Å². The maximum atomic E-state index is 12.4. The van der Waals surface area contributed by atoms with E-state index in [1.165, 1.54) is 0 Å². The molecule has 2 aromatic carbocycles. The number of fused-ring (bicyclic) bond motifs is 1. The van der Waals surface area contributed by atoms with Crippen LogP contribution in [0.25, 0.3) is 10.9 Å². The number of H-pyrrole nitrogens is 1. The van der Waals surface area contributed by atoms with Gasteiger partial charge in [0.15, 0.2) is 5.69 Å². The molecule has 0 spiro atoms. The van der Waals surface area contributed by atoms with Gasteiger partial charge in [-0.1, -0.05) is 42.5 Å². The first-order chi connectivity index (χ1) is 12.3. The van der Waals surface area contributed by atoms with E-state index in [0.717, 1.165) is 28.6 Å². The third kappa shape index (κ3) is 3.28. The molecule has 4 rings (SSSR count). The van der Waals surface area contributed by atoms with Gasteiger partial charge in [-0.3, -0.25) is 14.6 Å². The van der Waals surface area contributed by atoms with E-state index >= 15 is 0 Å².